The van der Waals surface area contributed by atoms with E-state index in [1.165, 1.54) is 30.5 Å². The Morgan fingerprint density at radius 1 is 1.05 bits per heavy atom. The number of methoxy groups -OCH3 is 1. The Hall–Kier alpha value is -1.38. The van der Waals surface area contributed by atoms with Gasteiger partial charge in [-0.1, -0.05) is 26.8 Å². The van der Waals surface area contributed by atoms with Crippen molar-refractivity contribution in [3.63, 3.8) is 0 Å². The number of benzene rings is 1. The predicted octanol–water partition coefficient (Wildman–Crippen LogP) is 5.63. The van der Waals surface area contributed by atoms with Crippen LogP contribution >= 0.6 is 0 Å². The number of rotatable bonds is 9. The van der Waals surface area contributed by atoms with Crippen molar-refractivity contribution in [2.75, 3.05) is 40.0 Å². The minimum atomic E-state index is -0.913. The molecule has 8 atom stereocenters. The van der Waals surface area contributed by atoms with E-state index in [0.29, 0.717) is 19.3 Å². The lowest BCUT2D eigenvalue weighted by molar-refractivity contribution is -0.312. The Bertz CT molecular complexity index is 1250. The Morgan fingerprint density at radius 3 is 2.60 bits per heavy atom. The van der Waals surface area contributed by atoms with Gasteiger partial charge in [0.25, 0.3) is 0 Å². The van der Waals surface area contributed by atoms with E-state index in [1.807, 2.05) is 7.11 Å². The van der Waals surface area contributed by atoms with Crippen molar-refractivity contribution in [3.8, 4) is 11.5 Å². The number of aliphatic hydroxyl groups is 1. The highest BCUT2D eigenvalue weighted by Crippen LogP contribution is 2.78. The number of likely N-dealkylation sites (tertiary alicyclic amines) is 1. The summed E-state index contributed by atoms with van der Waals surface area (Å²) in [6.07, 6.45) is 10.9. The second kappa shape index (κ2) is 9.81. The molecule has 5 aliphatic carbocycles. The van der Waals surface area contributed by atoms with Gasteiger partial charge in [-0.05, 0) is 101 Å². The monoisotopic (exact) mass is 595 g/mol. The number of fused-ring (bicyclic) bond motifs is 2. The van der Waals surface area contributed by atoms with E-state index < -0.39 is 11.2 Å². The molecule has 1 N–H and O–H groups in total. The summed E-state index contributed by atoms with van der Waals surface area (Å²) in [7, 11) is 1.87. The van der Waals surface area contributed by atoms with Crippen LogP contribution in [-0.4, -0.2) is 79.7 Å². The first-order chi connectivity index (χ1) is 20.6. The van der Waals surface area contributed by atoms with Crippen LogP contribution in [0, 0.1) is 22.7 Å². The molecule has 4 unspecified atom stereocenters. The van der Waals surface area contributed by atoms with Gasteiger partial charge in [0, 0.05) is 48.6 Å². The van der Waals surface area contributed by atoms with Gasteiger partial charge in [0.05, 0.1) is 12.2 Å². The lowest BCUT2D eigenvalue weighted by atomic mass is 9.33. The summed E-state index contributed by atoms with van der Waals surface area (Å²) in [5.41, 5.74) is 0.996. The largest absolute Gasteiger partial charge is 0.487 e. The Morgan fingerprint density at radius 2 is 1.88 bits per heavy atom. The van der Waals surface area contributed by atoms with Crippen LogP contribution in [0.15, 0.2) is 12.1 Å². The first kappa shape index (κ1) is 29.1. The summed E-state index contributed by atoms with van der Waals surface area (Å²) in [6, 6.07) is 4.94. The van der Waals surface area contributed by atoms with Crippen LogP contribution in [0.4, 0.5) is 0 Å². The fraction of sp³-hybridized carbons (Fsp3) is 0.833. The van der Waals surface area contributed by atoms with Gasteiger partial charge >= 0.3 is 0 Å². The average molecular weight is 596 g/mol. The van der Waals surface area contributed by atoms with E-state index in [9.17, 15) is 5.11 Å². The van der Waals surface area contributed by atoms with Gasteiger partial charge in [-0.25, -0.2) is 0 Å². The van der Waals surface area contributed by atoms with Crippen molar-refractivity contribution in [1.29, 1.82) is 0 Å². The third-order valence-electron chi connectivity index (χ3n) is 13.6. The molecule has 4 saturated carbocycles. The minimum absolute atomic E-state index is 0.0237. The molecular weight excluding hydrogens is 542 g/mol. The number of ether oxygens (including phenoxy) is 5. The average Bonchev–Trinajstić information content (AvgIpc) is 3.74. The Labute approximate surface area is 257 Å². The maximum atomic E-state index is 12.4. The molecule has 7 nitrogen and oxygen atoms in total. The molecule has 2 spiro atoms. The molecule has 0 amide bonds. The lowest BCUT2D eigenvalue weighted by Crippen LogP contribution is -2.83. The molecule has 9 rings (SSSR count). The fourth-order valence-corrected chi connectivity index (χ4v) is 10.9. The molecule has 1 aromatic rings. The molecule has 1 aromatic carbocycles. The van der Waals surface area contributed by atoms with Crippen LogP contribution < -0.4 is 9.47 Å². The Kier molecular flexibility index (Phi) is 6.63. The molecule has 238 valence electrons. The van der Waals surface area contributed by atoms with Crippen molar-refractivity contribution in [2.45, 2.75) is 127 Å². The molecule has 7 heteroatoms. The van der Waals surface area contributed by atoms with Crippen LogP contribution in [-0.2, 0) is 26.0 Å². The highest BCUT2D eigenvalue weighted by Gasteiger charge is 2.82. The Balaban J connectivity index is 1.19. The summed E-state index contributed by atoms with van der Waals surface area (Å²) in [6.45, 7) is 12.7. The van der Waals surface area contributed by atoms with Crippen LogP contribution in [0.2, 0.25) is 0 Å². The van der Waals surface area contributed by atoms with Gasteiger partial charge in [0.1, 0.15) is 18.3 Å². The first-order valence-corrected chi connectivity index (χ1v) is 17.3. The molecule has 3 aliphatic heterocycles. The molecule has 4 bridgehead atoms. The zero-order valence-electron chi connectivity index (χ0n) is 27.1. The highest BCUT2D eigenvalue weighted by atomic mass is 16.7. The van der Waals surface area contributed by atoms with Crippen molar-refractivity contribution in [3.05, 3.63) is 23.3 Å². The maximum Gasteiger partial charge on any atom is 0.165 e. The summed E-state index contributed by atoms with van der Waals surface area (Å²) < 4.78 is 32.3. The van der Waals surface area contributed by atoms with E-state index in [2.05, 4.69) is 44.7 Å². The summed E-state index contributed by atoms with van der Waals surface area (Å²) in [4.78, 5) is 2.87. The van der Waals surface area contributed by atoms with Gasteiger partial charge < -0.3 is 28.8 Å². The van der Waals surface area contributed by atoms with Gasteiger partial charge in [0.2, 0.25) is 0 Å². The second-order valence-electron chi connectivity index (χ2n) is 16.3. The van der Waals surface area contributed by atoms with Crippen molar-refractivity contribution >= 4 is 0 Å². The highest BCUT2D eigenvalue weighted by molar-refractivity contribution is 5.63. The molecule has 6 fully saturated rings. The van der Waals surface area contributed by atoms with Crippen molar-refractivity contribution in [1.82, 2.24) is 4.90 Å². The minimum Gasteiger partial charge on any atom is -0.487 e. The van der Waals surface area contributed by atoms with Crippen LogP contribution in [0.3, 0.4) is 0 Å². The van der Waals surface area contributed by atoms with E-state index in [-0.39, 0.29) is 34.6 Å². The maximum absolute atomic E-state index is 12.4. The smallest absolute Gasteiger partial charge is 0.165 e. The van der Waals surface area contributed by atoms with E-state index in [0.717, 1.165) is 81.9 Å². The van der Waals surface area contributed by atoms with Gasteiger partial charge in [-0.2, -0.15) is 0 Å². The summed E-state index contributed by atoms with van der Waals surface area (Å²) in [5, 5.41) is 12.4. The quantitative estimate of drug-likeness (QED) is 0.371. The van der Waals surface area contributed by atoms with Gasteiger partial charge in [-0.15, -0.1) is 0 Å². The topological polar surface area (TPSA) is 69.6 Å². The van der Waals surface area contributed by atoms with Crippen molar-refractivity contribution in [2.24, 2.45) is 22.7 Å². The number of hydrogen-bond donors (Lipinski definition) is 1. The number of piperidine rings is 1. The molecular formula is C36H53NO6. The van der Waals surface area contributed by atoms with Crippen LogP contribution in [0.25, 0.3) is 0 Å². The SMILES string of the molecule is COC12CC[C@]3(C[C@H]1[C@@](C)(O)C(C)(C)C)C1Cc4ccc(OCCOC5CCCCO5)c5c4[C@]3(CCN1CC1CC1)C2O5. The third-order valence-corrected chi connectivity index (χ3v) is 13.6. The number of hydrogen-bond acceptors (Lipinski definition) is 7. The predicted molar refractivity (Wildman–Crippen MR) is 164 cm³/mol. The fourth-order valence-electron chi connectivity index (χ4n) is 10.9. The number of nitrogens with zero attached hydrogens (tertiary/aromatic N) is 1. The van der Waals surface area contributed by atoms with Crippen molar-refractivity contribution < 1.29 is 28.8 Å². The molecule has 3 heterocycles. The zero-order chi connectivity index (χ0) is 29.8. The summed E-state index contributed by atoms with van der Waals surface area (Å²) >= 11 is 0. The van der Waals surface area contributed by atoms with Gasteiger partial charge in [0.15, 0.2) is 17.8 Å². The first-order valence-electron chi connectivity index (χ1n) is 17.3. The molecule has 43 heavy (non-hydrogen) atoms. The van der Waals surface area contributed by atoms with Gasteiger partial charge in [-0.3, -0.25) is 4.90 Å². The third kappa shape index (κ3) is 3.90. The summed E-state index contributed by atoms with van der Waals surface area (Å²) in [5.74, 6) is 2.60. The molecule has 0 aromatic heterocycles. The van der Waals surface area contributed by atoms with E-state index >= 15 is 0 Å². The molecule has 8 aliphatic rings. The molecule has 0 radical (unpaired) electrons. The van der Waals surface area contributed by atoms with E-state index in [1.54, 1.807) is 0 Å². The van der Waals surface area contributed by atoms with Crippen LogP contribution in [0.1, 0.15) is 96.6 Å². The standard InChI is InChI=1S/C36H53NO6/c1-32(2,3)33(4,38)26-21-34-13-14-36(26,39-5)31-35(34)15-16-37(22-23-9-10-23)27(34)20-24-11-12-25(30(43-31)29(24)35)40-18-19-42-28-8-6-7-17-41-28/h11-12,23,26-28,31,38H,6-10,13-22H2,1-5H3/t26-,27?,28?,31?,33+,34-,35+,36?/m0/s1. The van der Waals surface area contributed by atoms with E-state index in [4.69, 9.17) is 23.7 Å². The lowest BCUT2D eigenvalue weighted by Gasteiger charge is -2.75. The van der Waals surface area contributed by atoms with Crippen LogP contribution in [0.5, 0.6) is 11.5 Å². The second-order valence-corrected chi connectivity index (χ2v) is 16.3. The normalized spacial score (nSPS) is 41.0. The zero-order valence-corrected chi connectivity index (χ0v) is 27.1. The molecule has 2 saturated heterocycles.